The third-order valence-corrected chi connectivity index (χ3v) is 4.81. The van der Waals surface area contributed by atoms with Crippen molar-refractivity contribution in [2.24, 2.45) is 4.99 Å². The SMILES string of the molecule is CC[C@@H](N=c1[nH][s+]([O-])nc1Nc1cccc(C(=O)NC)c1O)c1cc(C)co1. The first-order chi connectivity index (χ1) is 13.4. The van der Waals surface area contributed by atoms with E-state index in [1.807, 2.05) is 19.9 Å². The topological polar surface area (TPSA) is 139 Å². The van der Waals surface area contributed by atoms with Crippen LogP contribution in [0.3, 0.4) is 0 Å². The Hall–Kier alpha value is -3.11. The van der Waals surface area contributed by atoms with Crippen molar-refractivity contribution in [1.82, 2.24) is 14.1 Å². The van der Waals surface area contributed by atoms with E-state index in [1.165, 1.54) is 13.1 Å². The number of aryl methyl sites for hydroxylation is 1. The fourth-order valence-electron chi connectivity index (χ4n) is 2.68. The first-order valence-electron chi connectivity index (χ1n) is 8.64. The number of hydrogen-bond acceptors (Lipinski definition) is 7. The van der Waals surface area contributed by atoms with Crippen molar-refractivity contribution in [3.05, 3.63) is 52.9 Å². The van der Waals surface area contributed by atoms with Gasteiger partial charge >= 0.3 is 0 Å². The van der Waals surface area contributed by atoms with E-state index < -0.39 is 17.0 Å². The molecule has 3 rings (SSSR count). The molecule has 10 heteroatoms. The summed E-state index contributed by atoms with van der Waals surface area (Å²) in [6.07, 6.45) is 2.31. The highest BCUT2D eigenvalue weighted by atomic mass is 32.2. The third-order valence-electron chi connectivity index (χ3n) is 4.09. The first-order valence-corrected chi connectivity index (χ1v) is 9.75. The maximum atomic E-state index is 11.9. The van der Waals surface area contributed by atoms with Crippen LogP contribution in [0.25, 0.3) is 0 Å². The molecule has 4 N–H and O–H groups in total. The number of aromatic nitrogens is 2. The van der Waals surface area contributed by atoms with E-state index in [4.69, 9.17) is 4.42 Å². The number of nitrogens with zero attached hydrogens (tertiary/aromatic N) is 2. The van der Waals surface area contributed by atoms with E-state index in [9.17, 15) is 14.5 Å². The fourth-order valence-corrected chi connectivity index (χ4v) is 3.34. The predicted octanol–water partition coefficient (Wildman–Crippen LogP) is 2.90. The first kappa shape index (κ1) is 19.6. The number of amides is 1. The van der Waals surface area contributed by atoms with Crippen molar-refractivity contribution >= 4 is 28.6 Å². The monoisotopic (exact) mass is 403 g/mol. The van der Waals surface area contributed by atoms with Gasteiger partial charge in [-0.1, -0.05) is 13.0 Å². The zero-order valence-corrected chi connectivity index (χ0v) is 16.5. The summed E-state index contributed by atoms with van der Waals surface area (Å²) >= 11 is -1.70. The van der Waals surface area contributed by atoms with Crippen molar-refractivity contribution < 1.29 is 18.9 Å². The Morgan fingerprint density at radius 2 is 2.29 bits per heavy atom. The molecule has 0 aliphatic carbocycles. The van der Waals surface area contributed by atoms with Crippen molar-refractivity contribution in [1.29, 1.82) is 0 Å². The van der Waals surface area contributed by atoms with Gasteiger partial charge in [0.05, 0.1) is 17.5 Å². The Morgan fingerprint density at radius 3 is 2.93 bits per heavy atom. The quantitative estimate of drug-likeness (QED) is 0.369. The van der Waals surface area contributed by atoms with Crippen LogP contribution >= 0.6 is 11.1 Å². The summed E-state index contributed by atoms with van der Waals surface area (Å²) in [4.78, 5) is 16.4. The molecular formula is C18H21N5O4S. The Labute approximate surface area is 164 Å². The molecule has 0 aliphatic rings. The Bertz CT molecular complexity index is 1050. The number of carbonyl (C=O) groups is 1. The lowest BCUT2D eigenvalue weighted by Gasteiger charge is -2.09. The molecule has 28 heavy (non-hydrogen) atoms. The normalized spacial score (nSPS) is 13.4. The number of anilines is 2. The molecule has 2 atom stereocenters. The van der Waals surface area contributed by atoms with E-state index in [-0.39, 0.29) is 34.3 Å². The molecule has 1 amide bonds. The number of rotatable bonds is 6. The summed E-state index contributed by atoms with van der Waals surface area (Å²) in [6.45, 7) is 3.88. The largest absolute Gasteiger partial charge is 0.548 e. The van der Waals surface area contributed by atoms with E-state index in [0.717, 1.165) is 5.56 Å². The fraction of sp³-hybridized carbons (Fsp3) is 0.278. The van der Waals surface area contributed by atoms with Crippen LogP contribution in [0.4, 0.5) is 11.5 Å². The second-order valence-corrected chi connectivity index (χ2v) is 7.01. The second-order valence-electron chi connectivity index (χ2n) is 6.13. The van der Waals surface area contributed by atoms with Gasteiger partial charge in [-0.15, -0.1) is 4.37 Å². The lowest BCUT2D eigenvalue weighted by atomic mass is 10.1. The zero-order chi connectivity index (χ0) is 20.3. The standard InChI is InChI=1S/C18H21N5O4S/c1-4-12(14-8-10(2)9-27-14)20-16-17(23-28(26)22-16)21-13-7-5-6-11(15(13)24)18(25)19-3/h5-9,12,24H,4H2,1-3H3,(H,19,25)(H,20,22)(H,21,23)/t12-,28?/m1/s1. The van der Waals surface area contributed by atoms with Gasteiger partial charge in [0, 0.05) is 11.4 Å². The minimum atomic E-state index is -1.70. The summed E-state index contributed by atoms with van der Waals surface area (Å²) < 4.78 is 24.1. The van der Waals surface area contributed by atoms with Crippen LogP contribution in [0, 0.1) is 6.92 Å². The summed E-state index contributed by atoms with van der Waals surface area (Å²) in [6, 6.07) is 6.30. The molecule has 3 aromatic rings. The number of phenols is 1. The van der Waals surface area contributed by atoms with Gasteiger partial charge in [0.25, 0.3) is 5.91 Å². The predicted molar refractivity (Wildman–Crippen MR) is 104 cm³/mol. The molecule has 9 nitrogen and oxygen atoms in total. The van der Waals surface area contributed by atoms with E-state index in [1.54, 1.807) is 18.4 Å². The van der Waals surface area contributed by atoms with Crippen LogP contribution in [0.1, 0.15) is 41.1 Å². The lowest BCUT2D eigenvalue weighted by molar-refractivity contribution is 0.0960. The number of phenolic OH excluding ortho intramolecular Hbond substituents is 1. The average Bonchev–Trinajstić information content (AvgIpc) is 3.26. The Balaban J connectivity index is 1.98. The molecule has 0 aliphatic heterocycles. The smallest absolute Gasteiger partial charge is 0.254 e. The van der Waals surface area contributed by atoms with Crippen LogP contribution in [-0.4, -0.2) is 31.4 Å². The molecule has 0 fully saturated rings. The van der Waals surface area contributed by atoms with Crippen LogP contribution in [0.15, 0.2) is 39.9 Å². The summed E-state index contributed by atoms with van der Waals surface area (Å²) in [5, 5.41) is 15.7. The molecule has 0 saturated carbocycles. The molecule has 2 heterocycles. The number of nitrogens with one attached hydrogen (secondary N) is 3. The van der Waals surface area contributed by atoms with Gasteiger partial charge in [0.2, 0.25) is 11.3 Å². The summed E-state index contributed by atoms with van der Waals surface area (Å²) in [5.41, 5.74) is 1.62. The maximum absolute atomic E-state index is 11.9. The van der Waals surface area contributed by atoms with E-state index in [2.05, 4.69) is 24.4 Å². The van der Waals surface area contributed by atoms with Crippen molar-refractivity contribution in [2.45, 2.75) is 26.3 Å². The number of para-hydroxylation sites is 1. The van der Waals surface area contributed by atoms with Crippen LogP contribution < -0.4 is 16.1 Å². The zero-order valence-electron chi connectivity index (χ0n) is 15.6. The van der Waals surface area contributed by atoms with Gasteiger partial charge in [-0.3, -0.25) is 4.79 Å². The van der Waals surface area contributed by atoms with Gasteiger partial charge in [-0.05, 0) is 37.1 Å². The molecule has 0 spiro atoms. The molecular weight excluding hydrogens is 382 g/mol. The molecule has 0 bridgehead atoms. The number of aromatic amines is 1. The molecule has 1 aromatic carbocycles. The number of H-pyrrole nitrogens is 1. The van der Waals surface area contributed by atoms with Gasteiger partial charge in [0.15, 0.2) is 16.9 Å². The highest BCUT2D eigenvalue weighted by molar-refractivity contribution is 7.13. The highest BCUT2D eigenvalue weighted by Crippen LogP contribution is 2.29. The Morgan fingerprint density at radius 1 is 1.50 bits per heavy atom. The minimum Gasteiger partial charge on any atom is -0.548 e. The second kappa shape index (κ2) is 8.28. The van der Waals surface area contributed by atoms with E-state index in [0.29, 0.717) is 12.2 Å². The van der Waals surface area contributed by atoms with Crippen molar-refractivity contribution in [2.75, 3.05) is 12.4 Å². The van der Waals surface area contributed by atoms with Crippen molar-refractivity contribution in [3.63, 3.8) is 0 Å². The Kier molecular flexibility index (Phi) is 5.81. The molecule has 0 saturated heterocycles. The number of furan rings is 1. The number of carbonyl (C=O) groups excluding carboxylic acids is 1. The highest BCUT2D eigenvalue weighted by Gasteiger charge is 2.18. The molecule has 1 unspecified atom stereocenters. The molecule has 0 radical (unpaired) electrons. The van der Waals surface area contributed by atoms with Gasteiger partial charge in [-0.25, -0.2) is 4.99 Å². The number of benzene rings is 1. The summed E-state index contributed by atoms with van der Waals surface area (Å²) in [5.74, 6) is 0.222. The van der Waals surface area contributed by atoms with Crippen LogP contribution in [-0.2, 0) is 0 Å². The third kappa shape index (κ3) is 4.07. The van der Waals surface area contributed by atoms with E-state index >= 15 is 0 Å². The van der Waals surface area contributed by atoms with Gasteiger partial charge < -0.3 is 24.7 Å². The minimum absolute atomic E-state index is 0.108. The number of aromatic hydroxyl groups is 1. The van der Waals surface area contributed by atoms with Gasteiger partial charge in [0.1, 0.15) is 11.8 Å². The summed E-state index contributed by atoms with van der Waals surface area (Å²) in [7, 11) is 1.47. The van der Waals surface area contributed by atoms with Gasteiger partial charge in [-0.2, -0.15) is 0 Å². The average molecular weight is 403 g/mol. The van der Waals surface area contributed by atoms with Crippen molar-refractivity contribution in [3.8, 4) is 5.75 Å². The van der Waals surface area contributed by atoms with Crippen LogP contribution in [0.5, 0.6) is 5.75 Å². The lowest BCUT2D eigenvalue weighted by Crippen LogP contribution is -2.18. The molecule has 2 aromatic heterocycles. The molecule has 148 valence electrons. The number of hydrogen-bond donors (Lipinski definition) is 4. The maximum Gasteiger partial charge on any atom is 0.254 e. The van der Waals surface area contributed by atoms with Crippen LogP contribution in [0.2, 0.25) is 0 Å².